The molecule has 1 aliphatic rings. The minimum absolute atomic E-state index is 0.0668. The van der Waals surface area contributed by atoms with Crippen LogP contribution in [0, 0.1) is 6.92 Å². The van der Waals surface area contributed by atoms with Gasteiger partial charge in [-0.05, 0) is 45.6 Å². The van der Waals surface area contributed by atoms with Gasteiger partial charge >= 0.3 is 0 Å². The van der Waals surface area contributed by atoms with Crippen molar-refractivity contribution in [2.24, 2.45) is 5.73 Å². The van der Waals surface area contributed by atoms with Crippen LogP contribution in [0.4, 0.5) is 0 Å². The third kappa shape index (κ3) is 3.58. The molecule has 0 atom stereocenters. The molecule has 1 fully saturated rings. The molecule has 0 bridgehead atoms. The Kier molecular flexibility index (Phi) is 5.14. The molecule has 112 valence electrons. The summed E-state index contributed by atoms with van der Waals surface area (Å²) in [6, 6.07) is 0.165. The second kappa shape index (κ2) is 6.85. The number of aliphatic hydroxyl groups excluding tert-OH is 1. The van der Waals surface area contributed by atoms with E-state index in [1.807, 2.05) is 11.6 Å². The van der Waals surface area contributed by atoms with E-state index in [1.165, 1.54) is 0 Å². The van der Waals surface area contributed by atoms with Gasteiger partial charge in [-0.3, -0.25) is 9.48 Å². The van der Waals surface area contributed by atoms with Crippen LogP contribution >= 0.6 is 0 Å². The van der Waals surface area contributed by atoms with Crippen LogP contribution < -0.4 is 11.1 Å². The molecule has 1 saturated carbocycles. The molecule has 1 amide bonds. The number of aliphatic hydroxyl groups is 1. The summed E-state index contributed by atoms with van der Waals surface area (Å²) in [5.41, 5.74) is 7.00. The molecule has 1 aromatic heterocycles. The number of nitrogens with one attached hydrogen (secondary N) is 1. The maximum atomic E-state index is 12.3. The zero-order chi connectivity index (χ0) is 14.5. The fraction of sp³-hybridized carbons (Fsp3) is 0.714. The Labute approximate surface area is 119 Å². The van der Waals surface area contributed by atoms with E-state index in [0.717, 1.165) is 44.3 Å². The first-order chi connectivity index (χ1) is 9.61. The predicted molar refractivity (Wildman–Crippen MR) is 76.4 cm³/mol. The van der Waals surface area contributed by atoms with Crippen LogP contribution in [-0.2, 0) is 6.54 Å². The number of carbonyl (C=O) groups is 1. The van der Waals surface area contributed by atoms with Crippen molar-refractivity contribution in [3.8, 4) is 0 Å². The van der Waals surface area contributed by atoms with Crippen LogP contribution in [0.5, 0.6) is 0 Å². The highest BCUT2D eigenvalue weighted by molar-refractivity contribution is 5.95. The van der Waals surface area contributed by atoms with E-state index >= 15 is 0 Å². The molecule has 0 saturated heterocycles. The van der Waals surface area contributed by atoms with Crippen LogP contribution in [0.1, 0.15) is 48.2 Å². The van der Waals surface area contributed by atoms with E-state index in [0.29, 0.717) is 12.1 Å². The Morgan fingerprint density at radius 2 is 2.20 bits per heavy atom. The summed E-state index contributed by atoms with van der Waals surface area (Å²) in [5, 5.41) is 16.7. The summed E-state index contributed by atoms with van der Waals surface area (Å²) in [6.07, 6.45) is 5.48. The highest BCUT2D eigenvalue weighted by atomic mass is 16.3. The summed E-state index contributed by atoms with van der Waals surface area (Å²) in [6.45, 7) is 3.26. The number of rotatable bonds is 5. The van der Waals surface area contributed by atoms with E-state index in [9.17, 15) is 9.90 Å². The molecule has 1 aromatic rings. The van der Waals surface area contributed by atoms with Crippen LogP contribution in [-0.4, -0.2) is 39.5 Å². The SMILES string of the molecule is Cc1c(C(=O)NC2CCC(O)CC2)cnn1CCCN. The van der Waals surface area contributed by atoms with E-state index < -0.39 is 0 Å². The van der Waals surface area contributed by atoms with Crippen molar-refractivity contribution >= 4 is 5.91 Å². The number of nitrogens with two attached hydrogens (primary N) is 1. The third-order valence-corrected chi connectivity index (χ3v) is 3.95. The van der Waals surface area contributed by atoms with Gasteiger partial charge in [-0.15, -0.1) is 0 Å². The lowest BCUT2D eigenvalue weighted by Crippen LogP contribution is -2.38. The van der Waals surface area contributed by atoms with Crippen molar-refractivity contribution in [3.05, 3.63) is 17.5 Å². The Morgan fingerprint density at radius 1 is 1.50 bits per heavy atom. The average molecular weight is 280 g/mol. The zero-order valence-corrected chi connectivity index (χ0v) is 12.0. The van der Waals surface area contributed by atoms with Crippen molar-refractivity contribution in [1.29, 1.82) is 0 Å². The van der Waals surface area contributed by atoms with E-state index in [2.05, 4.69) is 10.4 Å². The van der Waals surface area contributed by atoms with E-state index in [-0.39, 0.29) is 18.1 Å². The Hall–Kier alpha value is -1.40. The normalized spacial score (nSPS) is 22.8. The highest BCUT2D eigenvalue weighted by Gasteiger charge is 2.22. The van der Waals surface area contributed by atoms with E-state index in [1.54, 1.807) is 6.20 Å². The number of hydrogen-bond acceptors (Lipinski definition) is 4. The summed E-state index contributed by atoms with van der Waals surface area (Å²) in [7, 11) is 0. The monoisotopic (exact) mass is 280 g/mol. The Bertz CT molecular complexity index is 450. The molecule has 2 rings (SSSR count). The standard InChI is InChI=1S/C14H24N4O2/c1-10-13(9-16-18(10)8-2-7-15)14(20)17-11-3-5-12(19)6-4-11/h9,11-12,19H,2-8,15H2,1H3,(H,17,20). The summed E-state index contributed by atoms with van der Waals surface area (Å²) in [5.74, 6) is -0.0668. The second-order valence-electron chi connectivity index (χ2n) is 5.49. The number of nitrogens with zero attached hydrogens (tertiary/aromatic N) is 2. The van der Waals surface area contributed by atoms with Gasteiger partial charge in [0.1, 0.15) is 0 Å². The first-order valence-electron chi connectivity index (χ1n) is 7.33. The average Bonchev–Trinajstić information content (AvgIpc) is 2.80. The molecule has 6 nitrogen and oxygen atoms in total. The number of aromatic nitrogens is 2. The Balaban J connectivity index is 1.93. The van der Waals surface area contributed by atoms with Crippen LogP contribution in [0.2, 0.25) is 0 Å². The minimum atomic E-state index is -0.205. The minimum Gasteiger partial charge on any atom is -0.393 e. The molecule has 1 aliphatic carbocycles. The van der Waals surface area contributed by atoms with Gasteiger partial charge in [0.25, 0.3) is 5.91 Å². The molecule has 20 heavy (non-hydrogen) atoms. The van der Waals surface area contributed by atoms with Crippen LogP contribution in [0.25, 0.3) is 0 Å². The van der Waals surface area contributed by atoms with Crippen molar-refractivity contribution in [2.75, 3.05) is 6.54 Å². The van der Waals surface area contributed by atoms with Gasteiger partial charge < -0.3 is 16.2 Å². The van der Waals surface area contributed by atoms with Gasteiger partial charge in [-0.1, -0.05) is 0 Å². The molecular weight excluding hydrogens is 256 g/mol. The first kappa shape index (κ1) is 15.0. The molecule has 4 N–H and O–H groups in total. The molecular formula is C14H24N4O2. The van der Waals surface area contributed by atoms with Crippen molar-refractivity contribution in [1.82, 2.24) is 15.1 Å². The highest BCUT2D eigenvalue weighted by Crippen LogP contribution is 2.19. The largest absolute Gasteiger partial charge is 0.393 e. The van der Waals surface area contributed by atoms with Gasteiger partial charge in [-0.25, -0.2) is 0 Å². The lowest BCUT2D eigenvalue weighted by molar-refractivity contribution is 0.0867. The number of hydrogen-bond donors (Lipinski definition) is 3. The van der Waals surface area contributed by atoms with Crippen LogP contribution in [0.15, 0.2) is 6.20 Å². The second-order valence-corrected chi connectivity index (χ2v) is 5.49. The van der Waals surface area contributed by atoms with Gasteiger partial charge in [-0.2, -0.15) is 5.10 Å². The molecule has 0 unspecified atom stereocenters. The fourth-order valence-corrected chi connectivity index (χ4v) is 2.62. The molecule has 0 radical (unpaired) electrons. The number of aryl methyl sites for hydroxylation is 1. The summed E-state index contributed by atoms with van der Waals surface area (Å²) >= 11 is 0. The van der Waals surface area contributed by atoms with Crippen LogP contribution in [0.3, 0.4) is 0 Å². The van der Waals surface area contributed by atoms with E-state index in [4.69, 9.17) is 5.73 Å². The van der Waals surface area contributed by atoms with Crippen molar-refractivity contribution in [2.45, 2.75) is 57.7 Å². The third-order valence-electron chi connectivity index (χ3n) is 3.95. The maximum absolute atomic E-state index is 12.3. The lowest BCUT2D eigenvalue weighted by atomic mass is 9.93. The van der Waals surface area contributed by atoms with Crippen molar-refractivity contribution in [3.63, 3.8) is 0 Å². The zero-order valence-electron chi connectivity index (χ0n) is 12.0. The number of carbonyl (C=O) groups excluding carboxylic acids is 1. The molecule has 1 heterocycles. The summed E-state index contributed by atoms with van der Waals surface area (Å²) < 4.78 is 1.83. The summed E-state index contributed by atoms with van der Waals surface area (Å²) in [4.78, 5) is 12.3. The van der Waals surface area contributed by atoms with Gasteiger partial charge in [0, 0.05) is 18.3 Å². The molecule has 0 spiro atoms. The smallest absolute Gasteiger partial charge is 0.254 e. The molecule has 0 aromatic carbocycles. The van der Waals surface area contributed by atoms with Crippen molar-refractivity contribution < 1.29 is 9.90 Å². The predicted octanol–water partition coefficient (Wildman–Crippen LogP) is 0.574. The maximum Gasteiger partial charge on any atom is 0.254 e. The van der Waals surface area contributed by atoms with Gasteiger partial charge in [0.2, 0.25) is 0 Å². The van der Waals surface area contributed by atoms with Gasteiger partial charge in [0.15, 0.2) is 0 Å². The number of amides is 1. The fourth-order valence-electron chi connectivity index (χ4n) is 2.62. The molecule has 6 heteroatoms. The first-order valence-corrected chi connectivity index (χ1v) is 7.33. The quantitative estimate of drug-likeness (QED) is 0.735. The lowest BCUT2D eigenvalue weighted by Gasteiger charge is -2.26. The molecule has 0 aliphatic heterocycles. The Morgan fingerprint density at radius 3 is 2.85 bits per heavy atom. The van der Waals surface area contributed by atoms with Gasteiger partial charge in [0.05, 0.1) is 17.9 Å². The topological polar surface area (TPSA) is 93.2 Å².